The molecule has 1 fully saturated rings. The van der Waals surface area contributed by atoms with Crippen molar-refractivity contribution in [1.82, 2.24) is 0 Å². The first kappa shape index (κ1) is 16.4. The van der Waals surface area contributed by atoms with Crippen molar-refractivity contribution in [1.29, 1.82) is 0 Å². The predicted molar refractivity (Wildman–Crippen MR) is 101 cm³/mol. The number of nitrogens with one attached hydrogen (secondary N) is 1. The van der Waals surface area contributed by atoms with Gasteiger partial charge in [0, 0.05) is 37.2 Å². The summed E-state index contributed by atoms with van der Waals surface area (Å²) in [5.41, 5.74) is 4.29. The molecule has 0 unspecified atom stereocenters. The summed E-state index contributed by atoms with van der Waals surface area (Å²) in [4.78, 5) is 16.7. The van der Waals surface area contributed by atoms with Gasteiger partial charge in [-0.1, -0.05) is 18.2 Å². The molecule has 4 nitrogen and oxygen atoms in total. The molecule has 1 N–H and O–H groups in total. The predicted octanol–water partition coefficient (Wildman–Crippen LogP) is 3.67. The first-order valence-electron chi connectivity index (χ1n) is 8.55. The van der Waals surface area contributed by atoms with Gasteiger partial charge in [-0.15, -0.1) is 0 Å². The van der Waals surface area contributed by atoms with Crippen molar-refractivity contribution in [3.8, 4) is 0 Å². The Kier molecular flexibility index (Phi) is 5.04. The Morgan fingerprint density at radius 1 is 1.12 bits per heavy atom. The lowest BCUT2D eigenvalue weighted by molar-refractivity contribution is -0.114. The molecule has 24 heavy (non-hydrogen) atoms. The van der Waals surface area contributed by atoms with E-state index in [1.165, 1.54) is 18.5 Å². The second kappa shape index (κ2) is 7.39. The minimum absolute atomic E-state index is 0.00150. The van der Waals surface area contributed by atoms with Crippen LogP contribution in [0.5, 0.6) is 0 Å². The lowest BCUT2D eigenvalue weighted by Crippen LogP contribution is -2.30. The van der Waals surface area contributed by atoms with Gasteiger partial charge in [0.25, 0.3) is 0 Å². The van der Waals surface area contributed by atoms with Gasteiger partial charge in [-0.25, -0.2) is 0 Å². The fourth-order valence-corrected chi connectivity index (χ4v) is 3.14. The van der Waals surface area contributed by atoms with Gasteiger partial charge in [-0.05, 0) is 55.7 Å². The van der Waals surface area contributed by atoms with E-state index in [1.807, 2.05) is 48.3 Å². The van der Waals surface area contributed by atoms with Gasteiger partial charge in [-0.2, -0.15) is 0 Å². The molecule has 4 heteroatoms. The number of carbonyl (C=O) groups is 1. The summed E-state index contributed by atoms with van der Waals surface area (Å²) in [6.07, 6.45) is 2.53. The number of carbonyl (C=O) groups excluding carboxylic acids is 1. The maximum atomic E-state index is 12.3. The SMILES string of the molecule is Cc1cc(N2CCCC2)ccc1NC(=O)CN(C)c1ccccc1. The summed E-state index contributed by atoms with van der Waals surface area (Å²) < 4.78 is 0. The van der Waals surface area contributed by atoms with Crippen molar-refractivity contribution in [2.45, 2.75) is 19.8 Å². The lowest BCUT2D eigenvalue weighted by Gasteiger charge is -2.21. The molecule has 126 valence electrons. The Morgan fingerprint density at radius 2 is 1.83 bits per heavy atom. The molecule has 0 bridgehead atoms. The monoisotopic (exact) mass is 323 g/mol. The number of para-hydroxylation sites is 1. The van der Waals surface area contributed by atoms with Crippen LogP contribution in [0.3, 0.4) is 0 Å². The number of benzene rings is 2. The third-order valence-corrected chi connectivity index (χ3v) is 4.53. The zero-order valence-corrected chi connectivity index (χ0v) is 14.5. The van der Waals surface area contributed by atoms with E-state index in [1.54, 1.807) is 0 Å². The highest BCUT2D eigenvalue weighted by molar-refractivity contribution is 5.94. The van der Waals surface area contributed by atoms with Gasteiger partial charge in [0.2, 0.25) is 5.91 Å². The number of nitrogens with zero attached hydrogens (tertiary/aromatic N) is 2. The largest absolute Gasteiger partial charge is 0.372 e. The van der Waals surface area contributed by atoms with Crippen LogP contribution >= 0.6 is 0 Å². The van der Waals surface area contributed by atoms with Gasteiger partial charge >= 0.3 is 0 Å². The summed E-state index contributed by atoms with van der Waals surface area (Å²) in [6, 6.07) is 16.2. The Labute approximate surface area is 144 Å². The second-order valence-electron chi connectivity index (χ2n) is 6.43. The van der Waals surface area contributed by atoms with Gasteiger partial charge in [0.1, 0.15) is 0 Å². The highest BCUT2D eigenvalue weighted by atomic mass is 16.2. The van der Waals surface area contributed by atoms with E-state index in [0.717, 1.165) is 30.0 Å². The summed E-state index contributed by atoms with van der Waals surface area (Å²) in [7, 11) is 1.93. The number of aryl methyl sites for hydroxylation is 1. The van der Waals surface area contributed by atoms with E-state index >= 15 is 0 Å². The second-order valence-corrected chi connectivity index (χ2v) is 6.43. The van der Waals surface area contributed by atoms with Crippen molar-refractivity contribution in [3.05, 3.63) is 54.1 Å². The molecule has 1 aliphatic heterocycles. The quantitative estimate of drug-likeness (QED) is 0.912. The molecule has 1 saturated heterocycles. The zero-order valence-electron chi connectivity index (χ0n) is 14.5. The van der Waals surface area contributed by atoms with Crippen molar-refractivity contribution in [3.63, 3.8) is 0 Å². The molecule has 2 aromatic carbocycles. The highest BCUT2D eigenvalue weighted by Gasteiger charge is 2.14. The Balaban J connectivity index is 1.61. The minimum atomic E-state index is -0.00150. The minimum Gasteiger partial charge on any atom is -0.372 e. The van der Waals surface area contributed by atoms with E-state index in [2.05, 4.69) is 29.3 Å². The van der Waals surface area contributed by atoms with E-state index in [4.69, 9.17) is 0 Å². The normalized spacial score (nSPS) is 13.8. The van der Waals surface area contributed by atoms with Gasteiger partial charge in [0.15, 0.2) is 0 Å². The van der Waals surface area contributed by atoms with E-state index < -0.39 is 0 Å². The molecule has 1 amide bonds. The van der Waals surface area contributed by atoms with Gasteiger partial charge in [-0.3, -0.25) is 4.79 Å². The van der Waals surface area contributed by atoms with Gasteiger partial charge < -0.3 is 15.1 Å². The Morgan fingerprint density at radius 3 is 2.50 bits per heavy atom. The number of anilines is 3. The van der Waals surface area contributed by atoms with Crippen molar-refractivity contribution < 1.29 is 4.79 Å². The Hall–Kier alpha value is -2.49. The average Bonchev–Trinajstić information content (AvgIpc) is 3.12. The molecule has 3 rings (SSSR count). The first-order valence-corrected chi connectivity index (χ1v) is 8.55. The standard InChI is InChI=1S/C20H25N3O/c1-16-14-18(23-12-6-7-13-23)10-11-19(16)21-20(24)15-22(2)17-8-4-3-5-9-17/h3-5,8-11,14H,6-7,12-13,15H2,1-2H3,(H,21,24). The number of hydrogen-bond acceptors (Lipinski definition) is 3. The van der Waals surface area contributed by atoms with Crippen molar-refractivity contribution in [2.24, 2.45) is 0 Å². The molecule has 0 atom stereocenters. The van der Waals surface area contributed by atoms with Crippen LogP contribution in [0, 0.1) is 6.92 Å². The third kappa shape index (κ3) is 3.88. The van der Waals surface area contributed by atoms with Crippen LogP contribution in [-0.2, 0) is 4.79 Å². The molecular weight excluding hydrogens is 298 g/mol. The highest BCUT2D eigenvalue weighted by Crippen LogP contribution is 2.25. The van der Waals surface area contributed by atoms with Gasteiger partial charge in [0.05, 0.1) is 6.54 Å². The smallest absolute Gasteiger partial charge is 0.243 e. The molecule has 0 aliphatic carbocycles. The van der Waals surface area contributed by atoms with E-state index in [0.29, 0.717) is 6.54 Å². The van der Waals surface area contributed by atoms with E-state index in [9.17, 15) is 4.79 Å². The van der Waals surface area contributed by atoms with Crippen LogP contribution in [0.15, 0.2) is 48.5 Å². The van der Waals surface area contributed by atoms with Crippen LogP contribution in [-0.4, -0.2) is 32.6 Å². The average molecular weight is 323 g/mol. The number of amides is 1. The molecule has 0 aromatic heterocycles. The molecule has 2 aromatic rings. The zero-order chi connectivity index (χ0) is 16.9. The van der Waals surface area contributed by atoms with Crippen LogP contribution < -0.4 is 15.1 Å². The number of rotatable bonds is 5. The fourth-order valence-electron chi connectivity index (χ4n) is 3.14. The van der Waals surface area contributed by atoms with Crippen LogP contribution in [0.1, 0.15) is 18.4 Å². The summed E-state index contributed by atoms with van der Waals surface area (Å²) in [6.45, 7) is 4.65. The molecular formula is C20H25N3O. The maximum absolute atomic E-state index is 12.3. The van der Waals surface area contributed by atoms with Crippen LogP contribution in [0.2, 0.25) is 0 Å². The summed E-state index contributed by atoms with van der Waals surface area (Å²) in [5.74, 6) is -0.00150. The number of hydrogen-bond donors (Lipinski definition) is 1. The lowest BCUT2D eigenvalue weighted by atomic mass is 10.1. The van der Waals surface area contributed by atoms with Crippen molar-refractivity contribution in [2.75, 3.05) is 41.8 Å². The maximum Gasteiger partial charge on any atom is 0.243 e. The van der Waals surface area contributed by atoms with Crippen LogP contribution in [0.4, 0.5) is 17.1 Å². The summed E-state index contributed by atoms with van der Waals surface area (Å²) in [5, 5.41) is 3.03. The molecule has 0 saturated carbocycles. The van der Waals surface area contributed by atoms with Crippen LogP contribution in [0.25, 0.3) is 0 Å². The topological polar surface area (TPSA) is 35.6 Å². The number of likely N-dealkylation sites (N-methyl/N-ethyl adjacent to an activating group) is 1. The summed E-state index contributed by atoms with van der Waals surface area (Å²) >= 11 is 0. The third-order valence-electron chi connectivity index (χ3n) is 4.53. The molecule has 1 aliphatic rings. The Bertz CT molecular complexity index is 693. The van der Waals surface area contributed by atoms with E-state index in [-0.39, 0.29) is 5.91 Å². The first-order chi connectivity index (χ1) is 11.6. The fraction of sp³-hybridized carbons (Fsp3) is 0.350. The molecule has 0 spiro atoms. The molecule has 1 heterocycles. The van der Waals surface area contributed by atoms with Crippen molar-refractivity contribution >= 4 is 23.0 Å². The molecule has 0 radical (unpaired) electrons.